The van der Waals surface area contributed by atoms with Crippen LogP contribution in [0.25, 0.3) is 0 Å². The van der Waals surface area contributed by atoms with Gasteiger partial charge in [-0.15, -0.1) is 0 Å². The Bertz CT molecular complexity index is 440. The molecule has 17 heavy (non-hydrogen) atoms. The van der Waals surface area contributed by atoms with Gasteiger partial charge in [0.05, 0.1) is 22.5 Å². The van der Waals surface area contributed by atoms with Crippen molar-refractivity contribution in [1.82, 2.24) is 4.98 Å². The number of aromatic nitrogens is 1. The number of rotatable bonds is 1. The summed E-state index contributed by atoms with van der Waals surface area (Å²) >= 11 is 3.51. The lowest BCUT2D eigenvalue weighted by Gasteiger charge is -2.20. The third kappa shape index (κ3) is 1.91. The molecule has 2 fully saturated rings. The highest BCUT2D eigenvalue weighted by Gasteiger charge is 2.42. The van der Waals surface area contributed by atoms with E-state index in [0.717, 1.165) is 36.2 Å². The van der Waals surface area contributed by atoms with Gasteiger partial charge in [0.2, 0.25) is 0 Å². The van der Waals surface area contributed by atoms with E-state index in [1.807, 2.05) is 6.07 Å². The number of hydrogen-bond acceptors (Lipinski definition) is 4. The molecule has 0 aromatic carbocycles. The lowest BCUT2D eigenvalue weighted by Crippen LogP contribution is -2.25. The summed E-state index contributed by atoms with van der Waals surface area (Å²) in [6.45, 7) is 1.90. The van der Waals surface area contributed by atoms with Gasteiger partial charge in [-0.05, 0) is 40.8 Å². The Balaban J connectivity index is 1.83. The smallest absolute Gasteiger partial charge is 0.143 e. The Morgan fingerprint density at radius 3 is 2.94 bits per heavy atom. The minimum Gasteiger partial charge on any atom is -0.397 e. The second kappa shape index (κ2) is 4.14. The van der Waals surface area contributed by atoms with Gasteiger partial charge >= 0.3 is 0 Å². The van der Waals surface area contributed by atoms with Crippen LogP contribution in [0, 0.1) is 11.8 Å². The second-order valence-electron chi connectivity index (χ2n) is 5.05. The first kappa shape index (κ1) is 11.3. The van der Waals surface area contributed by atoms with Gasteiger partial charge in [-0.1, -0.05) is 0 Å². The average molecular weight is 298 g/mol. The SMILES string of the molecule is Nc1cnc(N2CC3CCC(O)C3C2)c(Br)c1. The number of hydrogen-bond donors (Lipinski definition) is 2. The summed E-state index contributed by atoms with van der Waals surface area (Å²) in [7, 11) is 0. The molecule has 0 amide bonds. The Morgan fingerprint density at radius 2 is 2.24 bits per heavy atom. The van der Waals surface area contributed by atoms with E-state index >= 15 is 0 Å². The number of nitrogens with zero attached hydrogens (tertiary/aromatic N) is 2. The molecule has 4 nitrogen and oxygen atoms in total. The summed E-state index contributed by atoms with van der Waals surface area (Å²) in [5.41, 5.74) is 6.36. The van der Waals surface area contributed by atoms with Crippen molar-refractivity contribution in [3.05, 3.63) is 16.7 Å². The zero-order chi connectivity index (χ0) is 12.0. The molecule has 0 bridgehead atoms. The highest BCUT2D eigenvalue weighted by atomic mass is 79.9. The number of anilines is 2. The van der Waals surface area contributed by atoms with Crippen molar-refractivity contribution in [2.24, 2.45) is 11.8 Å². The van der Waals surface area contributed by atoms with E-state index in [4.69, 9.17) is 5.73 Å². The van der Waals surface area contributed by atoms with Gasteiger partial charge < -0.3 is 15.7 Å². The fourth-order valence-corrected chi connectivity index (χ4v) is 3.71. The summed E-state index contributed by atoms with van der Waals surface area (Å²) in [6.07, 6.45) is 3.65. The topological polar surface area (TPSA) is 62.4 Å². The van der Waals surface area contributed by atoms with E-state index in [1.165, 1.54) is 0 Å². The van der Waals surface area contributed by atoms with Crippen LogP contribution < -0.4 is 10.6 Å². The molecule has 92 valence electrons. The largest absolute Gasteiger partial charge is 0.397 e. The minimum absolute atomic E-state index is 0.127. The minimum atomic E-state index is -0.127. The molecule has 2 heterocycles. The first-order valence-electron chi connectivity index (χ1n) is 5.99. The third-order valence-corrected chi connectivity index (χ3v) is 4.55. The lowest BCUT2D eigenvalue weighted by atomic mass is 10.00. The molecule has 2 aliphatic rings. The summed E-state index contributed by atoms with van der Waals surface area (Å²) < 4.78 is 0.937. The molecule has 1 aromatic heterocycles. The van der Waals surface area contributed by atoms with Crippen molar-refractivity contribution in [3.63, 3.8) is 0 Å². The average Bonchev–Trinajstić information content (AvgIpc) is 2.81. The molecule has 1 aromatic rings. The zero-order valence-corrected chi connectivity index (χ0v) is 11.1. The van der Waals surface area contributed by atoms with Crippen molar-refractivity contribution in [1.29, 1.82) is 0 Å². The maximum absolute atomic E-state index is 9.90. The van der Waals surface area contributed by atoms with Crippen LogP contribution in [0.2, 0.25) is 0 Å². The van der Waals surface area contributed by atoms with Gasteiger partial charge in [0.25, 0.3) is 0 Å². The Labute approximate surface area is 109 Å². The first-order valence-corrected chi connectivity index (χ1v) is 6.78. The van der Waals surface area contributed by atoms with Gasteiger partial charge in [0.15, 0.2) is 0 Å². The fraction of sp³-hybridized carbons (Fsp3) is 0.583. The van der Waals surface area contributed by atoms with E-state index < -0.39 is 0 Å². The quantitative estimate of drug-likeness (QED) is 0.827. The number of halogens is 1. The predicted octanol–water partition coefficient (Wildman–Crippen LogP) is 1.63. The number of aliphatic hydroxyl groups is 1. The Morgan fingerprint density at radius 1 is 1.41 bits per heavy atom. The molecule has 0 radical (unpaired) electrons. The van der Waals surface area contributed by atoms with Crippen LogP contribution in [-0.4, -0.2) is 29.3 Å². The molecule has 1 saturated heterocycles. The number of nitrogens with two attached hydrogens (primary N) is 1. The summed E-state index contributed by atoms with van der Waals surface area (Å²) in [5.74, 6) is 1.98. The lowest BCUT2D eigenvalue weighted by molar-refractivity contribution is 0.133. The molecule has 3 unspecified atom stereocenters. The van der Waals surface area contributed by atoms with Crippen LogP contribution in [0.5, 0.6) is 0 Å². The summed E-state index contributed by atoms with van der Waals surface area (Å²) in [4.78, 5) is 6.64. The van der Waals surface area contributed by atoms with Crippen LogP contribution in [0.4, 0.5) is 11.5 Å². The molecule has 1 saturated carbocycles. The molecule has 0 spiro atoms. The van der Waals surface area contributed by atoms with Gasteiger partial charge in [-0.25, -0.2) is 4.98 Å². The molecule has 3 atom stereocenters. The van der Waals surface area contributed by atoms with Crippen LogP contribution in [-0.2, 0) is 0 Å². The number of fused-ring (bicyclic) bond motifs is 1. The van der Waals surface area contributed by atoms with E-state index in [0.29, 0.717) is 17.5 Å². The molecule has 5 heteroatoms. The van der Waals surface area contributed by atoms with Gasteiger partial charge in [-0.2, -0.15) is 0 Å². The summed E-state index contributed by atoms with van der Waals surface area (Å²) in [5, 5.41) is 9.90. The monoisotopic (exact) mass is 297 g/mol. The zero-order valence-electron chi connectivity index (χ0n) is 9.51. The van der Waals surface area contributed by atoms with Crippen molar-refractivity contribution < 1.29 is 5.11 Å². The van der Waals surface area contributed by atoms with Crippen LogP contribution in [0.3, 0.4) is 0 Å². The summed E-state index contributed by atoms with van der Waals surface area (Å²) in [6, 6.07) is 1.88. The van der Waals surface area contributed by atoms with Crippen molar-refractivity contribution in [2.45, 2.75) is 18.9 Å². The molecular weight excluding hydrogens is 282 g/mol. The third-order valence-electron chi connectivity index (χ3n) is 3.96. The van der Waals surface area contributed by atoms with Crippen molar-refractivity contribution in [2.75, 3.05) is 23.7 Å². The number of pyridine rings is 1. The van der Waals surface area contributed by atoms with E-state index in [2.05, 4.69) is 25.8 Å². The van der Waals surface area contributed by atoms with E-state index in [1.54, 1.807) is 6.20 Å². The van der Waals surface area contributed by atoms with Crippen LogP contribution in [0.15, 0.2) is 16.7 Å². The highest BCUT2D eigenvalue weighted by Crippen LogP contribution is 2.40. The standard InChI is InChI=1S/C12H16BrN3O/c13-10-3-8(14)4-15-12(10)16-5-7-1-2-11(17)9(7)6-16/h3-4,7,9,11,17H,1-2,5-6,14H2. The van der Waals surface area contributed by atoms with Gasteiger partial charge in [0, 0.05) is 19.0 Å². The number of aliphatic hydroxyl groups excluding tert-OH is 1. The van der Waals surface area contributed by atoms with Crippen LogP contribution >= 0.6 is 15.9 Å². The second-order valence-corrected chi connectivity index (χ2v) is 5.90. The van der Waals surface area contributed by atoms with Gasteiger partial charge in [-0.3, -0.25) is 0 Å². The fourth-order valence-electron chi connectivity index (χ4n) is 3.09. The predicted molar refractivity (Wildman–Crippen MR) is 70.8 cm³/mol. The van der Waals surface area contributed by atoms with Gasteiger partial charge in [0.1, 0.15) is 5.82 Å². The van der Waals surface area contributed by atoms with Crippen LogP contribution in [0.1, 0.15) is 12.8 Å². The maximum Gasteiger partial charge on any atom is 0.143 e. The Kier molecular flexibility index (Phi) is 2.75. The van der Waals surface area contributed by atoms with Crippen molar-refractivity contribution in [3.8, 4) is 0 Å². The van der Waals surface area contributed by atoms with E-state index in [9.17, 15) is 5.11 Å². The van der Waals surface area contributed by atoms with Crippen molar-refractivity contribution >= 4 is 27.4 Å². The molecule has 1 aliphatic heterocycles. The van der Waals surface area contributed by atoms with E-state index in [-0.39, 0.29) is 6.10 Å². The molecular formula is C12H16BrN3O. The molecule has 3 rings (SSSR count). The molecule has 1 aliphatic carbocycles. The normalized spacial score (nSPS) is 31.9. The first-order chi connectivity index (χ1) is 8.15. The molecule has 3 N–H and O–H groups in total. The maximum atomic E-state index is 9.90. The highest BCUT2D eigenvalue weighted by molar-refractivity contribution is 9.10. The number of nitrogen functional groups attached to an aromatic ring is 1. The Hall–Kier alpha value is -0.810.